The second-order valence-corrected chi connectivity index (χ2v) is 3.89. The summed E-state index contributed by atoms with van der Waals surface area (Å²) in [6, 6.07) is 0. The van der Waals surface area contributed by atoms with E-state index < -0.39 is 5.60 Å². The van der Waals surface area contributed by atoms with Crippen molar-refractivity contribution < 1.29 is 5.11 Å². The van der Waals surface area contributed by atoms with Gasteiger partial charge in [0.2, 0.25) is 0 Å². The van der Waals surface area contributed by atoms with Gasteiger partial charge in [0.25, 0.3) is 0 Å². The molecule has 0 fully saturated rings. The summed E-state index contributed by atoms with van der Waals surface area (Å²) in [6.45, 7) is 5.56. The zero-order chi connectivity index (χ0) is 10.2. The maximum atomic E-state index is 11.2. The molecule has 1 nitrogen and oxygen atoms in total. The van der Waals surface area contributed by atoms with Crippen LogP contribution in [0.3, 0.4) is 0 Å². The molecule has 0 aromatic heterocycles. The lowest BCUT2D eigenvalue weighted by Gasteiger charge is -2.09. The van der Waals surface area contributed by atoms with Gasteiger partial charge < -0.3 is 0 Å². The Hall–Kier alpha value is -0.560. The number of hydrogen-bond donors (Lipinski definition) is 0. The Morgan fingerprint density at radius 2 is 1.54 bits per heavy atom. The lowest BCUT2D eigenvalue weighted by molar-refractivity contribution is 0.00707. The van der Waals surface area contributed by atoms with Crippen molar-refractivity contribution in [1.82, 2.24) is 0 Å². The van der Waals surface area contributed by atoms with Gasteiger partial charge >= 0.3 is 0 Å². The fraction of sp³-hybridized carbons (Fsp3) is 0.667. The van der Waals surface area contributed by atoms with Gasteiger partial charge in [-0.3, -0.25) is 0 Å². The molecule has 0 saturated carbocycles. The summed E-state index contributed by atoms with van der Waals surface area (Å²) in [7, 11) is 0. The normalized spacial score (nSPS) is 13.2. The molecule has 0 rings (SSSR count). The van der Waals surface area contributed by atoms with Crippen LogP contribution >= 0.6 is 0 Å². The largest absolute Gasteiger partial charge is 0.230 e. The Kier molecular flexibility index (Phi) is 6.61. The monoisotopic (exact) mass is 181 g/mol. The van der Waals surface area contributed by atoms with Crippen molar-refractivity contribution in [3.63, 3.8) is 0 Å². The van der Waals surface area contributed by atoms with E-state index in [1.807, 2.05) is 6.08 Å². The van der Waals surface area contributed by atoms with Gasteiger partial charge in [0.1, 0.15) is 5.60 Å². The van der Waals surface area contributed by atoms with Crippen LogP contribution in [0.25, 0.3) is 0 Å². The van der Waals surface area contributed by atoms with Gasteiger partial charge in [0.15, 0.2) is 0 Å². The molecule has 0 amide bonds. The molecule has 0 aliphatic heterocycles. The van der Waals surface area contributed by atoms with Crippen LogP contribution in [0.2, 0.25) is 0 Å². The van der Waals surface area contributed by atoms with Crippen molar-refractivity contribution in [2.45, 2.75) is 52.1 Å². The Balaban J connectivity index is 3.37. The van der Waals surface area contributed by atoms with Gasteiger partial charge in [0.05, 0.1) is 0 Å². The number of rotatable bonds is 6. The molecule has 1 heteroatoms. The Morgan fingerprint density at radius 1 is 1.00 bits per heavy atom. The van der Waals surface area contributed by atoms with E-state index in [-0.39, 0.29) is 0 Å². The standard InChI is InChI=1S/C12H21O/c1-4-5-6-7-8-9-10-11-12(2,3)13/h5-6,9-10H,4,7-8,11H2,1-3H3/b6-5+,10-9+. The Bertz CT molecular complexity index is 160. The van der Waals surface area contributed by atoms with E-state index in [0.717, 1.165) is 19.3 Å². The number of hydrogen-bond acceptors (Lipinski definition) is 0. The summed E-state index contributed by atoms with van der Waals surface area (Å²) in [5.74, 6) is 0. The average molecular weight is 181 g/mol. The zero-order valence-corrected chi connectivity index (χ0v) is 9.05. The summed E-state index contributed by atoms with van der Waals surface area (Å²) in [5, 5.41) is 11.2. The first-order valence-electron chi connectivity index (χ1n) is 5.06. The highest BCUT2D eigenvalue weighted by atomic mass is 16.3. The van der Waals surface area contributed by atoms with Crippen LogP contribution < -0.4 is 0 Å². The summed E-state index contributed by atoms with van der Waals surface area (Å²) in [6.07, 6.45) is 12.3. The van der Waals surface area contributed by atoms with Crippen molar-refractivity contribution in [2.75, 3.05) is 0 Å². The predicted octanol–water partition coefficient (Wildman–Crippen LogP) is 3.89. The van der Waals surface area contributed by atoms with E-state index in [9.17, 15) is 5.11 Å². The van der Waals surface area contributed by atoms with Gasteiger partial charge in [-0.1, -0.05) is 31.2 Å². The van der Waals surface area contributed by atoms with Gasteiger partial charge in [-0.05, 0) is 39.5 Å². The molecule has 13 heavy (non-hydrogen) atoms. The molecular weight excluding hydrogens is 160 g/mol. The van der Waals surface area contributed by atoms with Crippen LogP contribution in [-0.4, -0.2) is 5.60 Å². The van der Waals surface area contributed by atoms with Crippen LogP contribution in [-0.2, 0) is 5.11 Å². The third-order valence-electron chi connectivity index (χ3n) is 1.68. The second kappa shape index (κ2) is 6.90. The first kappa shape index (κ1) is 12.4. The highest BCUT2D eigenvalue weighted by molar-refractivity contribution is 4.90. The third-order valence-corrected chi connectivity index (χ3v) is 1.68. The molecule has 0 atom stereocenters. The summed E-state index contributed by atoms with van der Waals surface area (Å²) < 4.78 is 0. The molecule has 0 spiro atoms. The molecule has 0 heterocycles. The van der Waals surface area contributed by atoms with E-state index in [1.165, 1.54) is 0 Å². The molecule has 1 radical (unpaired) electrons. The van der Waals surface area contributed by atoms with E-state index >= 15 is 0 Å². The van der Waals surface area contributed by atoms with Crippen molar-refractivity contribution in [3.8, 4) is 0 Å². The molecule has 0 saturated heterocycles. The summed E-state index contributed by atoms with van der Waals surface area (Å²) in [4.78, 5) is 0. The summed E-state index contributed by atoms with van der Waals surface area (Å²) in [5.41, 5.74) is -0.810. The lowest BCUT2D eigenvalue weighted by Crippen LogP contribution is -2.14. The number of unbranched alkanes of at least 4 members (excludes halogenated alkanes) is 1. The average Bonchev–Trinajstić information content (AvgIpc) is 2.01. The van der Waals surface area contributed by atoms with Crippen LogP contribution in [0, 0.1) is 0 Å². The molecule has 0 N–H and O–H groups in total. The Morgan fingerprint density at radius 3 is 2.00 bits per heavy atom. The van der Waals surface area contributed by atoms with Crippen molar-refractivity contribution in [1.29, 1.82) is 0 Å². The minimum atomic E-state index is -0.810. The first-order chi connectivity index (χ1) is 6.06. The fourth-order valence-electron chi connectivity index (χ4n) is 0.962. The molecule has 0 aromatic rings. The van der Waals surface area contributed by atoms with E-state index in [0.29, 0.717) is 6.42 Å². The minimum Gasteiger partial charge on any atom is -0.230 e. The van der Waals surface area contributed by atoms with Crippen LogP contribution in [0.15, 0.2) is 24.3 Å². The maximum absolute atomic E-state index is 11.2. The quantitative estimate of drug-likeness (QED) is 0.437. The van der Waals surface area contributed by atoms with Gasteiger partial charge in [-0.15, -0.1) is 0 Å². The minimum absolute atomic E-state index is 0.629. The zero-order valence-electron chi connectivity index (χ0n) is 9.05. The van der Waals surface area contributed by atoms with Gasteiger partial charge in [-0.2, -0.15) is 0 Å². The van der Waals surface area contributed by atoms with Crippen molar-refractivity contribution in [3.05, 3.63) is 24.3 Å². The third kappa shape index (κ3) is 11.4. The topological polar surface area (TPSA) is 19.9 Å². The Labute approximate surface area is 82.2 Å². The molecule has 0 aliphatic carbocycles. The molecule has 75 valence electrons. The van der Waals surface area contributed by atoms with E-state index in [2.05, 4.69) is 25.2 Å². The van der Waals surface area contributed by atoms with Crippen LogP contribution in [0.1, 0.15) is 46.5 Å². The van der Waals surface area contributed by atoms with Gasteiger partial charge in [0, 0.05) is 0 Å². The van der Waals surface area contributed by atoms with E-state index in [4.69, 9.17) is 0 Å². The van der Waals surface area contributed by atoms with Crippen molar-refractivity contribution in [2.24, 2.45) is 0 Å². The molecule has 0 aliphatic rings. The first-order valence-corrected chi connectivity index (χ1v) is 5.06. The molecule has 0 bridgehead atoms. The lowest BCUT2D eigenvalue weighted by atomic mass is 10.1. The van der Waals surface area contributed by atoms with Gasteiger partial charge in [-0.25, -0.2) is 5.11 Å². The SMILES string of the molecule is CC/C=C/CC/C=C/CC(C)(C)[O]. The van der Waals surface area contributed by atoms with Crippen LogP contribution in [0.5, 0.6) is 0 Å². The summed E-state index contributed by atoms with van der Waals surface area (Å²) >= 11 is 0. The maximum Gasteiger partial charge on any atom is 0.101 e. The van der Waals surface area contributed by atoms with Crippen LogP contribution in [0.4, 0.5) is 0 Å². The second-order valence-electron chi connectivity index (χ2n) is 3.89. The molecular formula is C12H21O. The van der Waals surface area contributed by atoms with E-state index in [1.54, 1.807) is 13.8 Å². The number of allylic oxidation sites excluding steroid dienone is 3. The smallest absolute Gasteiger partial charge is 0.101 e. The molecule has 0 aromatic carbocycles. The highest BCUT2D eigenvalue weighted by Gasteiger charge is 2.11. The highest BCUT2D eigenvalue weighted by Crippen LogP contribution is 2.09. The fourth-order valence-corrected chi connectivity index (χ4v) is 0.962. The predicted molar refractivity (Wildman–Crippen MR) is 57.2 cm³/mol. The molecule has 0 unspecified atom stereocenters. The van der Waals surface area contributed by atoms with Crippen molar-refractivity contribution >= 4 is 0 Å².